The molecule has 2 aromatic carbocycles. The molecule has 0 bridgehead atoms. The fraction of sp³-hybridized carbons (Fsp3) is 0.381. The maximum absolute atomic E-state index is 12.4. The molecule has 2 aromatic rings. The van der Waals surface area contributed by atoms with Gasteiger partial charge in [0, 0.05) is 5.69 Å². The van der Waals surface area contributed by atoms with Crippen LogP contribution in [0.3, 0.4) is 0 Å². The Hall–Kier alpha value is -2.29. The summed E-state index contributed by atoms with van der Waals surface area (Å²) < 4.78 is 0. The molecule has 1 aliphatic carbocycles. The van der Waals surface area contributed by atoms with E-state index in [-0.39, 0.29) is 17.5 Å². The lowest BCUT2D eigenvalue weighted by Crippen LogP contribution is -2.34. The molecular weight excluding hydrogens is 296 g/mol. The summed E-state index contributed by atoms with van der Waals surface area (Å²) in [7, 11) is 0. The lowest BCUT2D eigenvalue weighted by molar-refractivity contribution is 0.247. The van der Waals surface area contributed by atoms with E-state index in [2.05, 4.69) is 61.7 Å². The maximum Gasteiger partial charge on any atom is 0.319 e. The molecule has 0 heterocycles. The number of nitrogens with one attached hydrogen (secondary N) is 2. The Bertz CT molecular complexity index is 713. The molecule has 0 aliphatic heterocycles. The first-order valence-corrected chi connectivity index (χ1v) is 8.69. The highest BCUT2D eigenvalue weighted by atomic mass is 16.2. The van der Waals surface area contributed by atoms with Crippen LogP contribution in [0.25, 0.3) is 0 Å². The Kier molecular flexibility index (Phi) is 4.61. The van der Waals surface area contributed by atoms with Crippen molar-refractivity contribution in [2.75, 3.05) is 5.32 Å². The van der Waals surface area contributed by atoms with E-state index in [0.29, 0.717) is 0 Å². The van der Waals surface area contributed by atoms with Gasteiger partial charge in [-0.3, -0.25) is 0 Å². The van der Waals surface area contributed by atoms with Crippen LogP contribution in [0.1, 0.15) is 56.3 Å². The van der Waals surface area contributed by atoms with Gasteiger partial charge in [-0.15, -0.1) is 0 Å². The van der Waals surface area contributed by atoms with Gasteiger partial charge in [-0.2, -0.15) is 0 Å². The smallest absolute Gasteiger partial charge is 0.319 e. The minimum atomic E-state index is -0.139. The van der Waals surface area contributed by atoms with E-state index in [0.717, 1.165) is 24.9 Å². The predicted octanol–water partition coefficient (Wildman–Crippen LogP) is 5.18. The van der Waals surface area contributed by atoms with Crippen molar-refractivity contribution in [3.8, 4) is 0 Å². The first-order chi connectivity index (χ1) is 11.4. The van der Waals surface area contributed by atoms with E-state index in [1.54, 1.807) is 0 Å². The third-order valence-corrected chi connectivity index (χ3v) is 4.68. The summed E-state index contributed by atoms with van der Waals surface area (Å²) >= 11 is 0. The molecule has 24 heavy (non-hydrogen) atoms. The van der Waals surface area contributed by atoms with E-state index in [1.165, 1.54) is 16.7 Å². The van der Waals surface area contributed by atoms with Crippen LogP contribution in [0.2, 0.25) is 0 Å². The Balaban J connectivity index is 1.64. The average molecular weight is 322 g/mol. The lowest BCUT2D eigenvalue weighted by atomic mass is 9.87. The molecule has 3 rings (SSSR count). The van der Waals surface area contributed by atoms with Crippen LogP contribution in [-0.2, 0) is 11.8 Å². The zero-order valence-corrected chi connectivity index (χ0v) is 14.7. The molecule has 0 radical (unpaired) electrons. The van der Waals surface area contributed by atoms with Crippen molar-refractivity contribution in [3.05, 3.63) is 65.2 Å². The Labute approximate surface area is 144 Å². The molecule has 0 saturated carbocycles. The first kappa shape index (κ1) is 16.6. The minimum Gasteiger partial charge on any atom is -0.331 e. The predicted molar refractivity (Wildman–Crippen MR) is 99.4 cm³/mol. The number of benzene rings is 2. The van der Waals surface area contributed by atoms with Crippen LogP contribution in [0.15, 0.2) is 48.5 Å². The van der Waals surface area contributed by atoms with Crippen LogP contribution < -0.4 is 10.6 Å². The summed E-state index contributed by atoms with van der Waals surface area (Å²) in [5.74, 6) is 0. The summed E-state index contributed by atoms with van der Waals surface area (Å²) in [6.07, 6.45) is 3.21. The summed E-state index contributed by atoms with van der Waals surface area (Å²) in [5.41, 5.74) is 4.80. The van der Waals surface area contributed by atoms with Gasteiger partial charge < -0.3 is 10.6 Å². The standard InChI is InChI=1S/C21H26N2O/c1-21(2,3)16-11-13-17(14-12-16)22-20(24)23-19-10-6-8-15-7-4-5-9-18(15)19/h4-5,7,9,11-14,19H,6,8,10H2,1-3H3,(H2,22,23,24)/t19-/m0/s1. The molecule has 126 valence electrons. The van der Waals surface area contributed by atoms with Crippen molar-refractivity contribution in [2.24, 2.45) is 0 Å². The number of urea groups is 1. The van der Waals surface area contributed by atoms with Crippen LogP contribution >= 0.6 is 0 Å². The molecule has 0 saturated heterocycles. The maximum atomic E-state index is 12.4. The lowest BCUT2D eigenvalue weighted by Gasteiger charge is -2.26. The Morgan fingerprint density at radius 1 is 1.04 bits per heavy atom. The van der Waals surface area contributed by atoms with Gasteiger partial charge in [0.1, 0.15) is 0 Å². The molecule has 1 atom stereocenters. The van der Waals surface area contributed by atoms with Gasteiger partial charge in [0.25, 0.3) is 0 Å². The number of carbonyl (C=O) groups excluding carboxylic acids is 1. The Morgan fingerprint density at radius 2 is 1.75 bits per heavy atom. The van der Waals surface area contributed by atoms with Crippen molar-refractivity contribution in [2.45, 2.75) is 51.5 Å². The molecule has 1 aliphatic rings. The third-order valence-electron chi connectivity index (χ3n) is 4.68. The van der Waals surface area contributed by atoms with Crippen molar-refractivity contribution < 1.29 is 4.79 Å². The Morgan fingerprint density at radius 3 is 2.46 bits per heavy atom. The van der Waals surface area contributed by atoms with Gasteiger partial charge in [0.15, 0.2) is 0 Å². The number of hydrogen-bond acceptors (Lipinski definition) is 1. The molecule has 0 unspecified atom stereocenters. The summed E-state index contributed by atoms with van der Waals surface area (Å²) in [6, 6.07) is 16.4. The average Bonchev–Trinajstić information content (AvgIpc) is 2.55. The largest absolute Gasteiger partial charge is 0.331 e. The van der Waals surface area contributed by atoms with E-state index >= 15 is 0 Å². The fourth-order valence-electron chi connectivity index (χ4n) is 3.28. The van der Waals surface area contributed by atoms with Crippen LogP contribution in [-0.4, -0.2) is 6.03 Å². The number of anilines is 1. The second kappa shape index (κ2) is 6.68. The topological polar surface area (TPSA) is 41.1 Å². The van der Waals surface area contributed by atoms with Crippen molar-refractivity contribution in [1.82, 2.24) is 5.32 Å². The van der Waals surface area contributed by atoms with Crippen molar-refractivity contribution >= 4 is 11.7 Å². The first-order valence-electron chi connectivity index (χ1n) is 8.69. The quantitative estimate of drug-likeness (QED) is 0.785. The molecule has 0 aromatic heterocycles. The highest BCUT2D eigenvalue weighted by Crippen LogP contribution is 2.29. The molecule has 3 heteroatoms. The SMILES string of the molecule is CC(C)(C)c1ccc(NC(=O)N[C@H]2CCCc3ccccc32)cc1. The molecule has 2 N–H and O–H groups in total. The zero-order valence-electron chi connectivity index (χ0n) is 14.7. The normalized spacial score (nSPS) is 17.0. The summed E-state index contributed by atoms with van der Waals surface area (Å²) in [6.45, 7) is 6.55. The monoisotopic (exact) mass is 322 g/mol. The van der Waals surface area contributed by atoms with Gasteiger partial charge in [-0.05, 0) is 53.5 Å². The summed E-state index contributed by atoms with van der Waals surface area (Å²) in [4.78, 5) is 12.4. The number of rotatable bonds is 2. The number of hydrogen-bond donors (Lipinski definition) is 2. The van der Waals surface area contributed by atoms with Gasteiger partial charge >= 0.3 is 6.03 Å². The number of amides is 2. The van der Waals surface area contributed by atoms with Gasteiger partial charge in [0.05, 0.1) is 6.04 Å². The van der Waals surface area contributed by atoms with Crippen molar-refractivity contribution in [1.29, 1.82) is 0 Å². The number of carbonyl (C=O) groups is 1. The van der Waals surface area contributed by atoms with Gasteiger partial charge in [-0.25, -0.2) is 4.79 Å². The van der Waals surface area contributed by atoms with Crippen LogP contribution in [0, 0.1) is 0 Å². The molecule has 2 amide bonds. The van der Waals surface area contributed by atoms with Crippen LogP contribution in [0.4, 0.5) is 10.5 Å². The fourth-order valence-corrected chi connectivity index (χ4v) is 3.28. The number of fused-ring (bicyclic) bond motifs is 1. The number of aryl methyl sites for hydroxylation is 1. The molecule has 3 nitrogen and oxygen atoms in total. The van der Waals surface area contributed by atoms with Gasteiger partial charge in [-0.1, -0.05) is 57.2 Å². The van der Waals surface area contributed by atoms with Gasteiger partial charge in [0.2, 0.25) is 0 Å². The second-order valence-corrected chi connectivity index (χ2v) is 7.57. The van der Waals surface area contributed by atoms with E-state index < -0.39 is 0 Å². The minimum absolute atomic E-state index is 0.101. The highest BCUT2D eigenvalue weighted by Gasteiger charge is 2.21. The van der Waals surface area contributed by atoms with E-state index in [4.69, 9.17) is 0 Å². The van der Waals surface area contributed by atoms with E-state index in [1.807, 2.05) is 18.2 Å². The molecule has 0 fully saturated rings. The van der Waals surface area contributed by atoms with Crippen molar-refractivity contribution in [3.63, 3.8) is 0 Å². The zero-order chi connectivity index (χ0) is 17.2. The third kappa shape index (κ3) is 3.78. The van der Waals surface area contributed by atoms with Crippen LogP contribution in [0.5, 0.6) is 0 Å². The molecule has 0 spiro atoms. The van der Waals surface area contributed by atoms with E-state index in [9.17, 15) is 4.79 Å². The second-order valence-electron chi connectivity index (χ2n) is 7.57. The highest BCUT2D eigenvalue weighted by molar-refractivity contribution is 5.89. The molecular formula is C21H26N2O. The summed E-state index contributed by atoms with van der Waals surface area (Å²) in [5, 5.41) is 6.07.